The van der Waals surface area contributed by atoms with Crippen molar-refractivity contribution in [2.75, 3.05) is 6.61 Å². The fourth-order valence-corrected chi connectivity index (χ4v) is 2.49. The molecule has 1 aromatic carbocycles. The number of halogens is 2. The highest BCUT2D eigenvalue weighted by Crippen LogP contribution is 2.31. The summed E-state index contributed by atoms with van der Waals surface area (Å²) < 4.78 is 39.2. The summed E-state index contributed by atoms with van der Waals surface area (Å²) >= 11 is 0. The molecule has 1 N–H and O–H groups in total. The highest BCUT2D eigenvalue weighted by Gasteiger charge is 2.23. The van der Waals surface area contributed by atoms with Crippen LogP contribution in [0.1, 0.15) is 48.3 Å². The fourth-order valence-electron chi connectivity index (χ4n) is 2.49. The maximum atomic E-state index is 14.1. The summed E-state index contributed by atoms with van der Waals surface area (Å²) in [6.45, 7) is 2.47. The van der Waals surface area contributed by atoms with Crippen molar-refractivity contribution in [2.24, 2.45) is 5.92 Å². The van der Waals surface area contributed by atoms with Crippen molar-refractivity contribution in [1.29, 1.82) is 0 Å². The number of aromatic carboxylic acids is 1. The number of carboxylic acid groups (broad SMARTS) is 1. The fraction of sp³-hybridized carbons (Fsp3) is 0.368. The first-order valence-electron chi connectivity index (χ1n) is 8.46. The van der Waals surface area contributed by atoms with Gasteiger partial charge in [-0.05, 0) is 43.4 Å². The third-order valence-corrected chi connectivity index (χ3v) is 4.18. The van der Waals surface area contributed by atoms with E-state index >= 15 is 0 Å². The molecule has 0 amide bonds. The molecule has 138 valence electrons. The van der Waals surface area contributed by atoms with Crippen LogP contribution in [0.5, 0.6) is 11.5 Å². The summed E-state index contributed by atoms with van der Waals surface area (Å²) in [6.07, 6.45) is 3.77. The normalized spacial score (nSPS) is 14.7. The van der Waals surface area contributed by atoms with Crippen LogP contribution in [0.3, 0.4) is 0 Å². The van der Waals surface area contributed by atoms with Crippen molar-refractivity contribution in [3.05, 3.63) is 53.4 Å². The zero-order valence-electron chi connectivity index (χ0n) is 14.2. The molecule has 1 atom stereocenters. The topological polar surface area (TPSA) is 68.7 Å². The molecule has 26 heavy (non-hydrogen) atoms. The number of rotatable bonds is 8. The number of carbonyl (C=O) groups is 1. The zero-order valence-corrected chi connectivity index (χ0v) is 14.2. The average molecular weight is 363 g/mol. The van der Waals surface area contributed by atoms with Gasteiger partial charge in [-0.25, -0.2) is 9.18 Å². The Morgan fingerprint density at radius 3 is 2.73 bits per heavy atom. The lowest BCUT2D eigenvalue weighted by atomic mass is 10.1. The smallest absolute Gasteiger partial charge is 0.338 e. The maximum Gasteiger partial charge on any atom is 0.338 e. The molecule has 7 heteroatoms. The molecule has 2 aromatic rings. The molecular formula is C19H19F2NO4. The van der Waals surface area contributed by atoms with Gasteiger partial charge in [-0.15, -0.1) is 0 Å². The van der Waals surface area contributed by atoms with Crippen molar-refractivity contribution < 1.29 is 28.2 Å². The molecule has 0 spiro atoms. The van der Waals surface area contributed by atoms with Crippen molar-refractivity contribution in [1.82, 2.24) is 4.98 Å². The third kappa shape index (κ3) is 4.09. The van der Waals surface area contributed by atoms with Gasteiger partial charge in [-0.2, -0.15) is 4.39 Å². The van der Waals surface area contributed by atoms with E-state index in [2.05, 4.69) is 4.98 Å². The number of benzene rings is 1. The number of pyridine rings is 1. The SMILES string of the molecule is CC[C@@H](Oc1ccc(C(=O)O)c(F)c1F)c1cc(OCC2CC2)ccn1. The van der Waals surface area contributed by atoms with E-state index in [1.807, 2.05) is 6.92 Å². The highest BCUT2D eigenvalue weighted by atomic mass is 19.2. The van der Waals surface area contributed by atoms with E-state index in [9.17, 15) is 13.6 Å². The van der Waals surface area contributed by atoms with Gasteiger partial charge in [0.1, 0.15) is 11.9 Å². The van der Waals surface area contributed by atoms with E-state index < -0.39 is 29.3 Å². The monoisotopic (exact) mass is 363 g/mol. The molecule has 0 aliphatic heterocycles. The minimum absolute atomic E-state index is 0.356. The summed E-state index contributed by atoms with van der Waals surface area (Å²) in [5.41, 5.74) is -0.209. The van der Waals surface area contributed by atoms with Crippen LogP contribution in [0.4, 0.5) is 8.78 Å². The van der Waals surface area contributed by atoms with Crippen LogP contribution in [-0.2, 0) is 0 Å². The van der Waals surface area contributed by atoms with Crippen molar-refractivity contribution in [2.45, 2.75) is 32.3 Å². The lowest BCUT2D eigenvalue weighted by Crippen LogP contribution is -2.11. The molecule has 1 aliphatic carbocycles. The predicted molar refractivity (Wildman–Crippen MR) is 89.4 cm³/mol. The van der Waals surface area contributed by atoms with Gasteiger partial charge in [0.05, 0.1) is 17.9 Å². The van der Waals surface area contributed by atoms with E-state index in [1.54, 1.807) is 18.3 Å². The molecular weight excluding hydrogens is 344 g/mol. The van der Waals surface area contributed by atoms with Crippen LogP contribution >= 0.6 is 0 Å². The number of hydrogen-bond donors (Lipinski definition) is 1. The Kier molecular flexibility index (Phi) is 5.35. The second kappa shape index (κ2) is 7.68. The lowest BCUT2D eigenvalue weighted by molar-refractivity contribution is 0.0690. The van der Waals surface area contributed by atoms with E-state index in [4.69, 9.17) is 14.6 Å². The molecule has 0 saturated heterocycles. The number of carboxylic acids is 1. The Morgan fingerprint density at radius 1 is 1.31 bits per heavy atom. The first-order valence-corrected chi connectivity index (χ1v) is 8.46. The third-order valence-electron chi connectivity index (χ3n) is 4.18. The Labute approximate surface area is 149 Å². The van der Waals surface area contributed by atoms with E-state index in [0.29, 0.717) is 30.4 Å². The molecule has 5 nitrogen and oxygen atoms in total. The van der Waals surface area contributed by atoms with E-state index in [-0.39, 0.29) is 5.75 Å². The molecule has 1 saturated carbocycles. The van der Waals surface area contributed by atoms with Gasteiger partial charge < -0.3 is 14.6 Å². The van der Waals surface area contributed by atoms with E-state index in [0.717, 1.165) is 12.1 Å². The van der Waals surface area contributed by atoms with Gasteiger partial charge in [-0.1, -0.05) is 6.92 Å². The zero-order chi connectivity index (χ0) is 18.7. The Balaban J connectivity index is 1.78. The Morgan fingerprint density at radius 2 is 2.08 bits per heavy atom. The van der Waals surface area contributed by atoms with Crippen molar-refractivity contribution in [3.63, 3.8) is 0 Å². The van der Waals surface area contributed by atoms with Gasteiger partial charge in [0, 0.05) is 12.3 Å². The minimum atomic E-state index is -1.54. The first kappa shape index (κ1) is 18.1. The van der Waals surface area contributed by atoms with Crippen LogP contribution in [0.2, 0.25) is 0 Å². The molecule has 3 rings (SSSR count). The summed E-state index contributed by atoms with van der Waals surface area (Å²) in [7, 11) is 0. The lowest BCUT2D eigenvalue weighted by Gasteiger charge is -2.18. The first-order chi connectivity index (χ1) is 12.5. The molecule has 1 fully saturated rings. The average Bonchev–Trinajstić information content (AvgIpc) is 3.45. The summed E-state index contributed by atoms with van der Waals surface area (Å²) in [6, 6.07) is 5.54. The van der Waals surface area contributed by atoms with Crippen LogP contribution < -0.4 is 9.47 Å². The van der Waals surface area contributed by atoms with Gasteiger partial charge in [0.2, 0.25) is 5.82 Å². The number of hydrogen-bond acceptors (Lipinski definition) is 4. The van der Waals surface area contributed by atoms with Crippen LogP contribution in [-0.4, -0.2) is 22.7 Å². The largest absolute Gasteiger partial charge is 0.493 e. The van der Waals surface area contributed by atoms with Crippen LogP contribution in [0, 0.1) is 17.6 Å². The van der Waals surface area contributed by atoms with Gasteiger partial charge >= 0.3 is 5.97 Å². The Bertz CT molecular complexity index is 808. The van der Waals surface area contributed by atoms with Crippen molar-refractivity contribution in [3.8, 4) is 11.5 Å². The number of aromatic nitrogens is 1. The predicted octanol–water partition coefficient (Wildman–Crippen LogP) is 4.38. The van der Waals surface area contributed by atoms with Gasteiger partial charge in [0.15, 0.2) is 11.6 Å². The summed E-state index contributed by atoms with van der Waals surface area (Å²) in [4.78, 5) is 15.1. The second-order valence-corrected chi connectivity index (χ2v) is 6.23. The van der Waals surface area contributed by atoms with E-state index in [1.165, 1.54) is 12.8 Å². The molecule has 1 aromatic heterocycles. The van der Waals surface area contributed by atoms with Crippen LogP contribution in [0.25, 0.3) is 0 Å². The Hall–Kier alpha value is -2.70. The molecule has 0 unspecified atom stereocenters. The van der Waals surface area contributed by atoms with Crippen LogP contribution in [0.15, 0.2) is 30.5 Å². The summed E-state index contributed by atoms with van der Waals surface area (Å²) in [5, 5.41) is 8.84. The maximum absolute atomic E-state index is 14.1. The van der Waals surface area contributed by atoms with Crippen molar-refractivity contribution >= 4 is 5.97 Å². The standard InChI is InChI=1S/C19H19F2NO4/c1-2-15(14-9-12(7-8-22-14)25-10-11-3-4-11)26-16-6-5-13(19(23)24)17(20)18(16)21/h5-9,11,15H,2-4,10H2,1H3,(H,23,24)/t15-/m1/s1. The second-order valence-electron chi connectivity index (χ2n) is 6.23. The molecule has 0 radical (unpaired) electrons. The minimum Gasteiger partial charge on any atom is -0.493 e. The summed E-state index contributed by atoms with van der Waals surface area (Å²) in [5.74, 6) is -3.41. The molecule has 1 aliphatic rings. The van der Waals surface area contributed by atoms with Gasteiger partial charge in [0.25, 0.3) is 0 Å². The molecule has 1 heterocycles. The number of nitrogens with zero attached hydrogens (tertiary/aromatic N) is 1. The van der Waals surface area contributed by atoms with Gasteiger partial charge in [-0.3, -0.25) is 4.98 Å². The molecule has 0 bridgehead atoms. The quantitative estimate of drug-likeness (QED) is 0.754. The highest BCUT2D eigenvalue weighted by molar-refractivity contribution is 5.88. The number of ether oxygens (including phenoxy) is 2.